The molecule has 0 aliphatic rings. The first-order valence-electron chi connectivity index (χ1n) is 5.82. The Morgan fingerprint density at radius 3 is 2.76 bits per heavy atom. The van der Waals surface area contributed by atoms with Crippen molar-refractivity contribution in [2.24, 2.45) is 0 Å². The van der Waals surface area contributed by atoms with Gasteiger partial charge in [-0.3, -0.25) is 0 Å². The fraction of sp³-hybridized carbons (Fsp3) is 0.286. The highest BCUT2D eigenvalue weighted by molar-refractivity contribution is 5.58. The Morgan fingerprint density at radius 1 is 1.29 bits per heavy atom. The Labute approximate surface area is 102 Å². The second kappa shape index (κ2) is 4.95. The highest BCUT2D eigenvalue weighted by Gasteiger charge is 2.05. The molecule has 0 saturated heterocycles. The van der Waals surface area contributed by atoms with Crippen LogP contribution in [-0.4, -0.2) is 0 Å². The lowest BCUT2D eigenvalue weighted by molar-refractivity contribution is 0.518. The number of anilines is 2. The zero-order valence-electron chi connectivity index (χ0n) is 10.2. The van der Waals surface area contributed by atoms with E-state index in [0.717, 1.165) is 17.1 Å². The molecule has 0 bridgehead atoms. The van der Waals surface area contributed by atoms with Crippen molar-refractivity contribution < 1.29 is 4.42 Å². The lowest BCUT2D eigenvalue weighted by atomic mass is 10.0. The van der Waals surface area contributed by atoms with Crippen LogP contribution in [0.4, 0.5) is 11.4 Å². The first kappa shape index (κ1) is 11.6. The molecule has 3 heteroatoms. The summed E-state index contributed by atoms with van der Waals surface area (Å²) in [6.45, 7) is 4.97. The van der Waals surface area contributed by atoms with Crippen molar-refractivity contribution in [1.82, 2.24) is 0 Å². The molecule has 1 aromatic heterocycles. The summed E-state index contributed by atoms with van der Waals surface area (Å²) in [4.78, 5) is 0. The van der Waals surface area contributed by atoms with Gasteiger partial charge in [0, 0.05) is 11.4 Å². The van der Waals surface area contributed by atoms with Gasteiger partial charge in [-0.2, -0.15) is 0 Å². The number of hydrogen-bond acceptors (Lipinski definition) is 3. The van der Waals surface area contributed by atoms with Crippen LogP contribution < -0.4 is 11.1 Å². The summed E-state index contributed by atoms with van der Waals surface area (Å²) in [6, 6.07) is 9.88. The molecule has 0 unspecified atom stereocenters. The number of furan rings is 1. The van der Waals surface area contributed by atoms with Crippen molar-refractivity contribution in [3.05, 3.63) is 47.9 Å². The van der Waals surface area contributed by atoms with E-state index < -0.39 is 0 Å². The molecule has 3 nitrogen and oxygen atoms in total. The molecule has 0 atom stereocenters. The number of benzene rings is 1. The molecule has 0 amide bonds. The first-order chi connectivity index (χ1) is 8.16. The third-order valence-corrected chi connectivity index (χ3v) is 2.76. The minimum atomic E-state index is 0.431. The normalized spacial score (nSPS) is 10.8. The fourth-order valence-corrected chi connectivity index (χ4v) is 1.79. The van der Waals surface area contributed by atoms with Crippen LogP contribution in [0.15, 0.2) is 41.0 Å². The highest BCUT2D eigenvalue weighted by Crippen LogP contribution is 2.25. The average Bonchev–Trinajstić information content (AvgIpc) is 2.80. The van der Waals surface area contributed by atoms with Crippen LogP contribution in [-0.2, 0) is 6.54 Å². The zero-order valence-corrected chi connectivity index (χ0v) is 10.2. The lowest BCUT2D eigenvalue weighted by Gasteiger charge is -2.12. The average molecular weight is 230 g/mol. The molecule has 1 aromatic carbocycles. The van der Waals surface area contributed by atoms with Crippen molar-refractivity contribution in [3.63, 3.8) is 0 Å². The van der Waals surface area contributed by atoms with Gasteiger partial charge in [-0.25, -0.2) is 0 Å². The van der Waals surface area contributed by atoms with Crippen LogP contribution in [0.1, 0.15) is 31.1 Å². The van der Waals surface area contributed by atoms with Crippen LogP contribution in [0, 0.1) is 0 Å². The summed E-state index contributed by atoms with van der Waals surface area (Å²) >= 11 is 0. The third-order valence-electron chi connectivity index (χ3n) is 2.76. The van der Waals surface area contributed by atoms with E-state index in [1.165, 1.54) is 5.56 Å². The predicted octanol–water partition coefficient (Wildman–Crippen LogP) is 3.60. The highest BCUT2D eigenvalue weighted by atomic mass is 16.3. The van der Waals surface area contributed by atoms with Gasteiger partial charge in [-0.05, 0) is 41.8 Å². The first-order valence-corrected chi connectivity index (χ1v) is 5.82. The summed E-state index contributed by atoms with van der Waals surface area (Å²) in [5.41, 5.74) is 9.03. The Bertz CT molecular complexity index is 475. The van der Waals surface area contributed by atoms with E-state index in [9.17, 15) is 0 Å². The maximum absolute atomic E-state index is 5.93. The number of nitrogen functional groups attached to an aromatic ring is 1. The van der Waals surface area contributed by atoms with Crippen LogP contribution in [0.3, 0.4) is 0 Å². The lowest BCUT2D eigenvalue weighted by Crippen LogP contribution is -2.01. The van der Waals surface area contributed by atoms with Gasteiger partial charge in [0.1, 0.15) is 5.76 Å². The van der Waals surface area contributed by atoms with Crippen molar-refractivity contribution >= 4 is 11.4 Å². The number of nitrogens with two attached hydrogens (primary N) is 1. The van der Waals surface area contributed by atoms with Gasteiger partial charge in [0.2, 0.25) is 0 Å². The summed E-state index contributed by atoms with van der Waals surface area (Å²) < 4.78 is 5.27. The fourth-order valence-electron chi connectivity index (χ4n) is 1.79. The minimum absolute atomic E-state index is 0.431. The van der Waals surface area contributed by atoms with Gasteiger partial charge < -0.3 is 15.5 Å². The molecule has 90 valence electrons. The van der Waals surface area contributed by atoms with Gasteiger partial charge in [-0.15, -0.1) is 0 Å². The molecule has 0 aliphatic carbocycles. The minimum Gasteiger partial charge on any atom is -0.467 e. The molecule has 17 heavy (non-hydrogen) atoms. The van der Waals surface area contributed by atoms with Crippen molar-refractivity contribution in [1.29, 1.82) is 0 Å². The molecular weight excluding hydrogens is 212 g/mol. The van der Waals surface area contributed by atoms with E-state index in [4.69, 9.17) is 10.2 Å². The zero-order chi connectivity index (χ0) is 12.3. The van der Waals surface area contributed by atoms with Crippen molar-refractivity contribution in [2.75, 3.05) is 11.1 Å². The van der Waals surface area contributed by atoms with E-state index in [0.29, 0.717) is 12.5 Å². The van der Waals surface area contributed by atoms with E-state index in [1.807, 2.05) is 24.3 Å². The molecule has 2 aromatic rings. The molecule has 1 heterocycles. The van der Waals surface area contributed by atoms with E-state index in [2.05, 4.69) is 25.2 Å². The van der Waals surface area contributed by atoms with Gasteiger partial charge in [0.25, 0.3) is 0 Å². The summed E-state index contributed by atoms with van der Waals surface area (Å²) in [7, 11) is 0. The number of nitrogens with one attached hydrogen (secondary N) is 1. The van der Waals surface area contributed by atoms with E-state index >= 15 is 0 Å². The molecule has 3 N–H and O–H groups in total. The van der Waals surface area contributed by atoms with Crippen molar-refractivity contribution in [3.8, 4) is 0 Å². The molecular formula is C14H18N2O. The van der Waals surface area contributed by atoms with Crippen molar-refractivity contribution in [2.45, 2.75) is 26.3 Å². The maximum atomic E-state index is 5.93. The van der Waals surface area contributed by atoms with E-state index in [-0.39, 0.29) is 0 Å². The van der Waals surface area contributed by atoms with Gasteiger partial charge in [-0.1, -0.05) is 13.8 Å². The molecule has 2 rings (SSSR count). The van der Waals surface area contributed by atoms with Crippen LogP contribution in [0.5, 0.6) is 0 Å². The summed E-state index contributed by atoms with van der Waals surface area (Å²) in [5.74, 6) is 1.35. The quantitative estimate of drug-likeness (QED) is 0.789. The second-order valence-corrected chi connectivity index (χ2v) is 4.43. The SMILES string of the molecule is CC(C)c1cc(NCc2ccco2)ccc1N. The molecule has 0 spiro atoms. The topological polar surface area (TPSA) is 51.2 Å². The Balaban J connectivity index is 2.09. The molecule has 0 aliphatic heterocycles. The Morgan fingerprint density at radius 2 is 2.12 bits per heavy atom. The summed E-state index contributed by atoms with van der Waals surface area (Å²) in [6.07, 6.45) is 1.68. The largest absolute Gasteiger partial charge is 0.467 e. The van der Waals surface area contributed by atoms with Gasteiger partial charge in [0.15, 0.2) is 0 Å². The molecule has 0 fully saturated rings. The molecule has 0 radical (unpaired) electrons. The standard InChI is InChI=1S/C14H18N2O/c1-10(2)13-8-11(5-6-14(13)15)16-9-12-4-3-7-17-12/h3-8,10,16H,9,15H2,1-2H3. The van der Waals surface area contributed by atoms with Gasteiger partial charge in [0.05, 0.1) is 12.8 Å². The number of hydrogen-bond donors (Lipinski definition) is 2. The third kappa shape index (κ3) is 2.81. The van der Waals surface area contributed by atoms with Crippen LogP contribution >= 0.6 is 0 Å². The Hall–Kier alpha value is -1.90. The summed E-state index contributed by atoms with van der Waals surface area (Å²) in [5, 5.41) is 3.32. The maximum Gasteiger partial charge on any atom is 0.122 e. The number of rotatable bonds is 4. The Kier molecular flexibility index (Phi) is 3.38. The van der Waals surface area contributed by atoms with Crippen LogP contribution in [0.2, 0.25) is 0 Å². The predicted molar refractivity (Wildman–Crippen MR) is 71.0 cm³/mol. The van der Waals surface area contributed by atoms with Gasteiger partial charge >= 0.3 is 0 Å². The monoisotopic (exact) mass is 230 g/mol. The van der Waals surface area contributed by atoms with E-state index in [1.54, 1.807) is 6.26 Å². The smallest absolute Gasteiger partial charge is 0.122 e. The molecule has 0 saturated carbocycles. The van der Waals surface area contributed by atoms with Crippen LogP contribution in [0.25, 0.3) is 0 Å². The second-order valence-electron chi connectivity index (χ2n) is 4.43.